The van der Waals surface area contributed by atoms with Crippen molar-refractivity contribution in [3.8, 4) is 44.5 Å². The van der Waals surface area contributed by atoms with Crippen molar-refractivity contribution >= 4 is 34.1 Å². The van der Waals surface area contributed by atoms with Gasteiger partial charge in [-0.25, -0.2) is 0 Å². The first kappa shape index (κ1) is 40.5. The molecule has 0 amide bonds. The Balaban J connectivity index is 1.06. The molecule has 0 fully saturated rings. The summed E-state index contributed by atoms with van der Waals surface area (Å²) in [5.74, 6) is 0. The highest BCUT2D eigenvalue weighted by atomic mass is 15.2. The van der Waals surface area contributed by atoms with E-state index in [-0.39, 0.29) is 10.8 Å². The van der Waals surface area contributed by atoms with E-state index in [4.69, 9.17) is 0 Å². The Morgan fingerprint density at radius 1 is 0.264 bits per heavy atom. The Kier molecular flexibility index (Phi) is 7.77. The van der Waals surface area contributed by atoms with Gasteiger partial charge in [0.05, 0.1) is 45.0 Å². The van der Waals surface area contributed by atoms with Crippen molar-refractivity contribution in [1.82, 2.24) is 0 Å². The molecule has 0 saturated heterocycles. The van der Waals surface area contributed by atoms with Crippen LogP contribution >= 0.6 is 0 Å². The number of benzene rings is 10. The van der Waals surface area contributed by atoms with Crippen LogP contribution in [0.4, 0.5) is 34.1 Å². The topological polar surface area (TPSA) is 6.48 Å². The average molecular weight is 921 g/mol. The highest BCUT2D eigenvalue weighted by Gasteiger charge is 2.64. The third kappa shape index (κ3) is 4.77. The van der Waals surface area contributed by atoms with Crippen molar-refractivity contribution < 1.29 is 0 Å². The number of anilines is 6. The maximum absolute atomic E-state index is 2.68. The van der Waals surface area contributed by atoms with Gasteiger partial charge in [-0.05, 0) is 150 Å². The molecule has 2 heteroatoms. The molecule has 0 N–H and O–H groups in total. The molecule has 5 aliphatic carbocycles. The van der Waals surface area contributed by atoms with Gasteiger partial charge in [-0.15, -0.1) is 0 Å². The van der Waals surface area contributed by atoms with Gasteiger partial charge in [-0.2, -0.15) is 0 Å². The van der Waals surface area contributed by atoms with E-state index < -0.39 is 10.8 Å². The summed E-state index contributed by atoms with van der Waals surface area (Å²) in [5, 5.41) is 0. The Morgan fingerprint density at radius 3 is 1.04 bits per heavy atom. The fourth-order valence-corrected chi connectivity index (χ4v) is 15.4. The third-order valence-electron chi connectivity index (χ3n) is 18.5. The summed E-state index contributed by atoms with van der Waals surface area (Å²) in [5.41, 5.74) is 31.0. The highest BCUT2D eigenvalue weighted by molar-refractivity contribution is 6.03. The normalized spacial score (nSPS) is 19.8. The lowest BCUT2D eigenvalue weighted by atomic mass is 9.43. The van der Waals surface area contributed by atoms with Crippen molar-refractivity contribution in [2.75, 3.05) is 9.80 Å². The molecule has 2 bridgehead atoms. The van der Waals surface area contributed by atoms with E-state index >= 15 is 0 Å². The minimum Gasteiger partial charge on any atom is -0.309 e. The van der Waals surface area contributed by atoms with Crippen molar-refractivity contribution in [3.05, 3.63) is 274 Å². The van der Waals surface area contributed by atoms with Gasteiger partial charge in [0.25, 0.3) is 0 Å². The number of para-hydroxylation sites is 2. The van der Waals surface area contributed by atoms with E-state index in [0.717, 1.165) is 12.8 Å². The molecule has 2 unspecified atom stereocenters. The van der Waals surface area contributed by atoms with Crippen molar-refractivity contribution in [2.45, 2.75) is 62.2 Å². The molecule has 72 heavy (non-hydrogen) atoms. The first-order chi connectivity index (χ1) is 35.2. The van der Waals surface area contributed by atoms with Crippen LogP contribution in [0.1, 0.15) is 96.2 Å². The monoisotopic (exact) mass is 920 g/mol. The molecule has 10 aromatic carbocycles. The summed E-state index contributed by atoms with van der Waals surface area (Å²) in [6, 6.07) is 84.0. The summed E-state index contributed by atoms with van der Waals surface area (Å²) in [6.07, 6.45) is 2.00. The number of hydrogen-bond acceptors (Lipinski definition) is 2. The van der Waals surface area contributed by atoms with Crippen molar-refractivity contribution in [2.24, 2.45) is 0 Å². The first-order valence-corrected chi connectivity index (χ1v) is 26.0. The molecule has 2 heterocycles. The van der Waals surface area contributed by atoms with E-state index in [2.05, 4.69) is 256 Å². The Hall–Kier alpha value is -8.20. The largest absolute Gasteiger partial charge is 0.309 e. The molecular formula is C70H52N2. The number of rotatable bonds is 4. The Labute approximate surface area is 422 Å². The summed E-state index contributed by atoms with van der Waals surface area (Å²) in [7, 11) is 0. The summed E-state index contributed by atoms with van der Waals surface area (Å²) in [6.45, 7) is 9.72. The molecule has 0 aromatic heterocycles. The van der Waals surface area contributed by atoms with Crippen LogP contribution in [0.2, 0.25) is 0 Å². The quantitative estimate of drug-likeness (QED) is 0.174. The van der Waals surface area contributed by atoms with E-state index in [0.29, 0.717) is 0 Å². The minimum absolute atomic E-state index is 0.171. The van der Waals surface area contributed by atoms with E-state index in [1.165, 1.54) is 134 Å². The van der Waals surface area contributed by atoms with Gasteiger partial charge < -0.3 is 9.80 Å². The first-order valence-electron chi connectivity index (χ1n) is 26.0. The second kappa shape index (κ2) is 13.8. The smallest absolute Gasteiger partial charge is 0.0540 e. The number of hydrogen-bond donors (Lipinski definition) is 0. The number of fused-ring (bicyclic) bond motifs is 9. The second-order valence-electron chi connectivity index (χ2n) is 22.3. The molecule has 342 valence electrons. The molecular weight excluding hydrogens is 869 g/mol. The van der Waals surface area contributed by atoms with Gasteiger partial charge in [-0.3, -0.25) is 0 Å². The Bertz CT molecular complexity index is 3750. The van der Waals surface area contributed by atoms with Gasteiger partial charge in [-0.1, -0.05) is 198 Å². The zero-order valence-electron chi connectivity index (χ0n) is 41.1. The standard InChI is InChI=1S/C70H52N2/c1-67(2)51-29-15-11-27-47(51)49-39-57-63(41-55(49)67)71(59-33-17-13-25-45(59)43-21-7-5-8-22-43)61-35-19-32-54-65(61)69(57)37-38-70(54)58-40-50-48-28-12-16-30-52(48)68(3,4)56(50)42-64(58)72(62-36-20-31-53(69)66(62)70)60-34-18-14-26-46(60)44-23-9-6-10-24-44/h5-36,39-42H,37-38H2,1-4H3. The van der Waals surface area contributed by atoms with Gasteiger partial charge >= 0.3 is 0 Å². The zero-order chi connectivity index (χ0) is 47.9. The van der Waals surface area contributed by atoms with Gasteiger partial charge in [0, 0.05) is 22.0 Å². The minimum atomic E-state index is -0.420. The van der Waals surface area contributed by atoms with Crippen molar-refractivity contribution in [3.63, 3.8) is 0 Å². The van der Waals surface area contributed by atoms with Crippen LogP contribution in [0.5, 0.6) is 0 Å². The van der Waals surface area contributed by atoms with E-state index in [9.17, 15) is 0 Å². The van der Waals surface area contributed by atoms with Crippen LogP contribution in [0, 0.1) is 0 Å². The van der Waals surface area contributed by atoms with Crippen LogP contribution in [0.15, 0.2) is 218 Å². The predicted molar refractivity (Wildman–Crippen MR) is 297 cm³/mol. The SMILES string of the molecule is CC1(C)c2ccccc2-c2cc3c(cc21)N(c1ccccc1-c1ccccc1)c1cccc2c1C31CCC23c2cc4c(cc2N(c2ccccc2-c2ccccc2)c2cccc1c23)C(C)(C)c1ccccc1-4. The Morgan fingerprint density at radius 2 is 0.611 bits per heavy atom. The highest BCUT2D eigenvalue weighted by Crippen LogP contribution is 2.74. The molecule has 2 spiro atoms. The summed E-state index contributed by atoms with van der Waals surface area (Å²) >= 11 is 0. The summed E-state index contributed by atoms with van der Waals surface area (Å²) < 4.78 is 0. The van der Waals surface area contributed by atoms with Crippen molar-refractivity contribution in [1.29, 1.82) is 0 Å². The van der Waals surface area contributed by atoms with Gasteiger partial charge in [0.2, 0.25) is 0 Å². The third-order valence-corrected chi connectivity index (χ3v) is 18.5. The lowest BCUT2D eigenvalue weighted by Gasteiger charge is -2.62. The van der Waals surface area contributed by atoms with Crippen LogP contribution in [0.25, 0.3) is 44.5 Å². The molecule has 2 atom stereocenters. The fourth-order valence-electron chi connectivity index (χ4n) is 15.4. The molecule has 0 saturated carbocycles. The van der Waals surface area contributed by atoms with Gasteiger partial charge in [0.1, 0.15) is 0 Å². The fraction of sp³-hybridized carbons (Fsp3) is 0.143. The van der Waals surface area contributed by atoms with Crippen LogP contribution in [-0.2, 0) is 21.7 Å². The lowest BCUT2D eigenvalue weighted by molar-refractivity contribution is 0.361. The van der Waals surface area contributed by atoms with E-state index in [1.54, 1.807) is 0 Å². The maximum Gasteiger partial charge on any atom is 0.0540 e. The van der Waals surface area contributed by atoms with E-state index in [1.807, 2.05) is 0 Å². The maximum atomic E-state index is 2.68. The molecule has 2 aliphatic heterocycles. The predicted octanol–water partition coefficient (Wildman–Crippen LogP) is 18.0. The summed E-state index contributed by atoms with van der Waals surface area (Å²) in [4.78, 5) is 5.35. The molecule has 2 nitrogen and oxygen atoms in total. The zero-order valence-corrected chi connectivity index (χ0v) is 41.1. The molecule has 17 rings (SSSR count). The average Bonchev–Trinajstić information content (AvgIpc) is 3.82. The lowest BCUT2D eigenvalue weighted by Crippen LogP contribution is -2.54. The van der Waals surface area contributed by atoms with Gasteiger partial charge in [0.15, 0.2) is 0 Å². The van der Waals surface area contributed by atoms with Crippen LogP contribution < -0.4 is 9.80 Å². The molecule has 10 aromatic rings. The second-order valence-corrected chi connectivity index (χ2v) is 22.3. The van der Waals surface area contributed by atoms with Crippen LogP contribution in [0.3, 0.4) is 0 Å². The molecule has 0 radical (unpaired) electrons. The molecule has 7 aliphatic rings. The van der Waals surface area contributed by atoms with Crippen LogP contribution in [-0.4, -0.2) is 0 Å². The number of nitrogens with zero attached hydrogens (tertiary/aromatic N) is 2.